The molecule has 2 N–H and O–H groups in total. The van der Waals surface area contributed by atoms with Crippen LogP contribution in [0.1, 0.15) is 18.7 Å². The second-order valence-corrected chi connectivity index (χ2v) is 8.82. The molecule has 1 aliphatic heterocycles. The smallest absolute Gasteiger partial charge is 0.262 e. The Bertz CT molecular complexity index is 1130. The molecule has 0 radical (unpaired) electrons. The zero-order chi connectivity index (χ0) is 20.8. The number of rotatable bonds is 4. The van der Waals surface area contributed by atoms with Gasteiger partial charge in [-0.25, -0.2) is 4.98 Å². The summed E-state index contributed by atoms with van der Waals surface area (Å²) < 4.78 is 7.67. The minimum Gasteiger partial charge on any atom is -0.488 e. The molecule has 2 fully saturated rings. The quantitative estimate of drug-likeness (QED) is 0.658. The maximum absolute atomic E-state index is 12.3. The summed E-state index contributed by atoms with van der Waals surface area (Å²) >= 11 is 6.05. The molecular weight excluding hydrogens is 406 g/mol. The van der Waals surface area contributed by atoms with Gasteiger partial charge in [-0.05, 0) is 42.9 Å². The molecule has 3 aromatic rings. The lowest BCUT2D eigenvalue weighted by atomic mass is 9.78. The molecule has 3 heterocycles. The summed E-state index contributed by atoms with van der Waals surface area (Å²) in [7, 11) is 1.78. The summed E-state index contributed by atoms with van der Waals surface area (Å²) in [6, 6.07) is 7.29. The average Bonchev–Trinajstić information content (AvgIpc) is 3.25. The van der Waals surface area contributed by atoms with Crippen molar-refractivity contribution in [1.82, 2.24) is 24.6 Å². The first-order valence-corrected chi connectivity index (χ1v) is 10.6. The van der Waals surface area contributed by atoms with Gasteiger partial charge in [0.25, 0.3) is 5.56 Å². The number of aliphatic hydroxyl groups is 1. The van der Waals surface area contributed by atoms with Gasteiger partial charge in [0.2, 0.25) is 0 Å². The number of H-pyrrole nitrogens is 1. The van der Waals surface area contributed by atoms with Crippen LogP contribution in [-0.4, -0.2) is 55.1 Å². The highest BCUT2D eigenvalue weighted by Crippen LogP contribution is 2.38. The summed E-state index contributed by atoms with van der Waals surface area (Å²) in [6.07, 6.45) is 2.29. The first kappa shape index (κ1) is 19.5. The van der Waals surface area contributed by atoms with E-state index in [1.54, 1.807) is 23.9 Å². The van der Waals surface area contributed by atoms with Crippen LogP contribution in [0.4, 0.5) is 0 Å². The van der Waals surface area contributed by atoms with Crippen LogP contribution in [0.25, 0.3) is 11.0 Å². The van der Waals surface area contributed by atoms with Crippen molar-refractivity contribution < 1.29 is 9.84 Å². The summed E-state index contributed by atoms with van der Waals surface area (Å²) in [6.45, 7) is 2.33. The van der Waals surface area contributed by atoms with Gasteiger partial charge in [-0.3, -0.25) is 14.4 Å². The summed E-state index contributed by atoms with van der Waals surface area (Å²) in [5.74, 6) is 2.17. The van der Waals surface area contributed by atoms with Gasteiger partial charge in [-0.1, -0.05) is 17.7 Å². The Kier molecular flexibility index (Phi) is 5.00. The Morgan fingerprint density at radius 3 is 2.90 bits per heavy atom. The van der Waals surface area contributed by atoms with E-state index in [0.717, 1.165) is 19.5 Å². The van der Waals surface area contributed by atoms with Crippen molar-refractivity contribution >= 4 is 22.6 Å². The molecule has 2 aliphatic rings. The van der Waals surface area contributed by atoms with Crippen molar-refractivity contribution in [2.75, 3.05) is 13.1 Å². The van der Waals surface area contributed by atoms with Gasteiger partial charge in [-0.2, -0.15) is 5.10 Å². The molecule has 0 unspecified atom stereocenters. The van der Waals surface area contributed by atoms with E-state index in [2.05, 4.69) is 20.0 Å². The van der Waals surface area contributed by atoms with E-state index in [1.807, 2.05) is 12.1 Å². The molecular formula is C21H24ClN5O3. The third-order valence-electron chi connectivity index (χ3n) is 6.27. The first-order chi connectivity index (χ1) is 14.5. The molecule has 4 atom stereocenters. The van der Waals surface area contributed by atoms with E-state index in [0.29, 0.717) is 52.4 Å². The van der Waals surface area contributed by atoms with Crippen molar-refractivity contribution in [3.8, 4) is 5.75 Å². The van der Waals surface area contributed by atoms with Crippen molar-refractivity contribution in [3.05, 3.63) is 51.7 Å². The number of aromatic nitrogens is 4. The number of fused-ring (bicyclic) bond motifs is 2. The monoisotopic (exact) mass is 429 g/mol. The molecule has 0 amide bonds. The van der Waals surface area contributed by atoms with Crippen molar-refractivity contribution in [3.63, 3.8) is 0 Å². The van der Waals surface area contributed by atoms with Crippen LogP contribution in [0.15, 0.2) is 35.3 Å². The number of nitrogens with one attached hydrogen (secondary N) is 1. The van der Waals surface area contributed by atoms with Crippen molar-refractivity contribution in [2.45, 2.75) is 31.6 Å². The Hall–Kier alpha value is -2.42. The van der Waals surface area contributed by atoms with Crippen molar-refractivity contribution in [2.24, 2.45) is 18.9 Å². The molecule has 8 nitrogen and oxygen atoms in total. The number of hydrogen-bond donors (Lipinski definition) is 2. The highest BCUT2D eigenvalue weighted by molar-refractivity contribution is 6.30. The molecule has 30 heavy (non-hydrogen) atoms. The fourth-order valence-electron chi connectivity index (χ4n) is 4.82. The molecule has 0 spiro atoms. The van der Waals surface area contributed by atoms with Crippen molar-refractivity contribution in [1.29, 1.82) is 0 Å². The van der Waals surface area contributed by atoms with Crippen LogP contribution < -0.4 is 10.3 Å². The summed E-state index contributed by atoms with van der Waals surface area (Å²) in [4.78, 5) is 22.1. The number of ether oxygens (including phenoxy) is 1. The second kappa shape index (κ2) is 7.68. The van der Waals surface area contributed by atoms with Crippen LogP contribution >= 0.6 is 11.6 Å². The van der Waals surface area contributed by atoms with E-state index in [4.69, 9.17) is 16.3 Å². The predicted octanol–water partition coefficient (Wildman–Crippen LogP) is 1.96. The van der Waals surface area contributed by atoms with Gasteiger partial charge in [0, 0.05) is 25.2 Å². The minimum atomic E-state index is -0.506. The van der Waals surface area contributed by atoms with Gasteiger partial charge in [-0.15, -0.1) is 0 Å². The first-order valence-electron chi connectivity index (χ1n) is 10.2. The lowest BCUT2D eigenvalue weighted by Crippen LogP contribution is -2.42. The lowest BCUT2D eigenvalue weighted by molar-refractivity contribution is -0.0231. The number of aryl methyl sites for hydroxylation is 1. The molecule has 1 saturated heterocycles. The lowest BCUT2D eigenvalue weighted by Gasteiger charge is -2.35. The van der Waals surface area contributed by atoms with E-state index in [-0.39, 0.29) is 11.7 Å². The maximum Gasteiger partial charge on any atom is 0.262 e. The largest absolute Gasteiger partial charge is 0.488 e. The normalized spacial score (nSPS) is 26.8. The molecule has 5 rings (SSSR count). The van der Waals surface area contributed by atoms with E-state index < -0.39 is 6.10 Å². The Morgan fingerprint density at radius 1 is 1.30 bits per heavy atom. The summed E-state index contributed by atoms with van der Waals surface area (Å²) in [5.41, 5.74) is 0.431. The number of likely N-dealkylation sites (tertiary alicyclic amines) is 1. The SMILES string of the molecule is Cn1ncc2c(=O)[nH]c(CN3C[C@H]4C[C@@H](Oc5cccc(Cl)c5)[C@H](O)C[C@H]4C3)nc21. The summed E-state index contributed by atoms with van der Waals surface area (Å²) in [5, 5.41) is 15.9. The van der Waals surface area contributed by atoms with Crippen LogP contribution in [0, 0.1) is 11.8 Å². The fraction of sp³-hybridized carbons (Fsp3) is 0.476. The number of hydrogen-bond acceptors (Lipinski definition) is 6. The molecule has 9 heteroatoms. The standard InChI is InChI=1S/C21H24ClN5O3/c1-26-20-16(8-23-26)21(29)25-19(24-20)11-27-9-12-5-17(28)18(6-13(12)10-27)30-15-4-2-3-14(22)7-15/h2-4,7-8,12-13,17-18,28H,5-6,9-11H2,1H3,(H,24,25,29)/t12-,13+,17+,18+/m0/s1. The van der Waals surface area contributed by atoms with Gasteiger partial charge >= 0.3 is 0 Å². The van der Waals surface area contributed by atoms with Gasteiger partial charge in [0.15, 0.2) is 5.65 Å². The number of aliphatic hydroxyl groups excluding tert-OH is 1. The Balaban J connectivity index is 1.27. The number of nitrogens with zero attached hydrogens (tertiary/aromatic N) is 4. The van der Waals surface area contributed by atoms with E-state index in [1.165, 1.54) is 6.20 Å². The molecule has 158 valence electrons. The molecule has 1 aliphatic carbocycles. The van der Waals surface area contributed by atoms with Crippen LogP contribution in [0.2, 0.25) is 5.02 Å². The fourth-order valence-corrected chi connectivity index (χ4v) is 5.00. The number of halogens is 1. The number of benzene rings is 1. The van der Waals surface area contributed by atoms with E-state index >= 15 is 0 Å². The average molecular weight is 430 g/mol. The Morgan fingerprint density at radius 2 is 2.10 bits per heavy atom. The van der Waals surface area contributed by atoms with Crippen LogP contribution in [0.3, 0.4) is 0 Å². The zero-order valence-corrected chi connectivity index (χ0v) is 17.4. The zero-order valence-electron chi connectivity index (χ0n) is 16.7. The van der Waals surface area contributed by atoms with Gasteiger partial charge in [0.1, 0.15) is 23.1 Å². The molecule has 1 aromatic carbocycles. The number of aromatic amines is 1. The van der Waals surface area contributed by atoms with Crippen LogP contribution in [0.5, 0.6) is 5.75 Å². The minimum absolute atomic E-state index is 0.162. The highest BCUT2D eigenvalue weighted by atomic mass is 35.5. The van der Waals surface area contributed by atoms with E-state index in [9.17, 15) is 9.90 Å². The highest BCUT2D eigenvalue weighted by Gasteiger charge is 2.42. The Labute approximate surface area is 178 Å². The molecule has 0 bridgehead atoms. The second-order valence-electron chi connectivity index (χ2n) is 8.38. The van der Waals surface area contributed by atoms with Crippen LogP contribution in [-0.2, 0) is 13.6 Å². The predicted molar refractivity (Wildman–Crippen MR) is 112 cm³/mol. The molecule has 1 saturated carbocycles. The van der Waals surface area contributed by atoms with Gasteiger partial charge < -0.3 is 14.8 Å². The van der Waals surface area contributed by atoms with Gasteiger partial charge in [0.05, 0.1) is 18.8 Å². The topological polar surface area (TPSA) is 96.3 Å². The third-order valence-corrected chi connectivity index (χ3v) is 6.50. The third kappa shape index (κ3) is 3.71. The molecule has 2 aromatic heterocycles. The maximum atomic E-state index is 12.3.